The summed E-state index contributed by atoms with van der Waals surface area (Å²) in [5.41, 5.74) is 2.19. The fourth-order valence-corrected chi connectivity index (χ4v) is 5.65. The summed E-state index contributed by atoms with van der Waals surface area (Å²) in [7, 11) is -4.04. The number of hydrogen-bond acceptors (Lipinski definition) is 5. The fraction of sp³-hybridized carbons (Fsp3) is 0.667. The van der Waals surface area contributed by atoms with Crippen molar-refractivity contribution in [1.29, 1.82) is 0 Å². The molecule has 1 aromatic carbocycles. The lowest BCUT2D eigenvalue weighted by Gasteiger charge is -2.11. The molecule has 5 nitrogen and oxygen atoms in total. The van der Waals surface area contributed by atoms with Crippen molar-refractivity contribution in [2.75, 3.05) is 11.5 Å². The van der Waals surface area contributed by atoms with E-state index in [9.17, 15) is 13.0 Å². The van der Waals surface area contributed by atoms with Crippen LogP contribution in [-0.4, -0.2) is 30.2 Å². The molecule has 7 heteroatoms. The summed E-state index contributed by atoms with van der Waals surface area (Å²) in [5.74, 6) is 4.18. The van der Waals surface area contributed by atoms with Crippen molar-refractivity contribution in [3.8, 4) is 0 Å². The van der Waals surface area contributed by atoms with Gasteiger partial charge in [0.1, 0.15) is 17.3 Å². The molecule has 0 unspecified atom stereocenters. The van der Waals surface area contributed by atoms with Crippen LogP contribution in [0.25, 0.3) is 0 Å². The van der Waals surface area contributed by atoms with E-state index >= 15 is 0 Å². The Hall–Kier alpha value is -1.05. The Kier molecular flexibility index (Phi) is 13.3. The van der Waals surface area contributed by atoms with Crippen LogP contribution in [0.4, 0.5) is 0 Å². The van der Waals surface area contributed by atoms with Gasteiger partial charge in [0, 0.05) is 5.56 Å². The van der Waals surface area contributed by atoms with E-state index in [1.807, 2.05) is 0 Å². The average Bonchev–Trinajstić information content (AvgIpc) is 2.70. The highest BCUT2D eigenvalue weighted by Gasteiger charge is 2.17. The average molecular weight is 430 g/mol. The van der Waals surface area contributed by atoms with Crippen LogP contribution in [0.2, 0.25) is 0 Å². The number of hydrogen-bond donors (Lipinski definition) is 0. The third-order valence-corrected chi connectivity index (χ3v) is 7.21. The predicted octanol–water partition coefficient (Wildman–Crippen LogP) is 5.19. The van der Waals surface area contributed by atoms with E-state index in [4.69, 9.17) is 0 Å². The molecule has 2 rings (SSSR count). The third-order valence-electron chi connectivity index (χ3n) is 4.48. The van der Waals surface area contributed by atoms with Crippen molar-refractivity contribution in [1.82, 2.24) is 0 Å². The zero-order valence-corrected chi connectivity index (χ0v) is 18.9. The second kappa shape index (κ2) is 14.9. The molecule has 0 saturated heterocycles. The van der Waals surface area contributed by atoms with Crippen LogP contribution in [0.15, 0.2) is 35.5 Å². The van der Waals surface area contributed by atoms with Gasteiger partial charge in [-0.3, -0.25) is 4.28 Å². The van der Waals surface area contributed by atoms with Gasteiger partial charge < -0.3 is 4.55 Å². The van der Waals surface area contributed by atoms with Crippen LogP contribution >= 0.6 is 0 Å². The molecule has 0 N–H and O–H groups in total. The Morgan fingerprint density at radius 2 is 1.57 bits per heavy atom. The Morgan fingerprint density at radius 1 is 1.00 bits per heavy atom. The standard InChI is InChI=1S/C15H25S.C6H11NO4S/c1-3-5-12-16(13-6-4-2)14-15-10-8-7-9-11-15;8-12(9,10)11-7-6-4-2-1-3-5-6/h7-11H,3-6,12-14H2,1-2H3;1-5H2,(H,8,9,10)/q+1;/p-1. The smallest absolute Gasteiger partial charge is 0.283 e. The van der Waals surface area contributed by atoms with Crippen LogP contribution < -0.4 is 0 Å². The van der Waals surface area contributed by atoms with E-state index in [0.717, 1.165) is 32.1 Å². The van der Waals surface area contributed by atoms with E-state index in [2.05, 4.69) is 53.6 Å². The van der Waals surface area contributed by atoms with Gasteiger partial charge in [-0.05, 0) is 49.4 Å². The SMILES string of the molecule is CCCC[S+](CCCC)Cc1ccccc1.O=S(=O)([O-])ON=C1CCCCC1. The van der Waals surface area contributed by atoms with E-state index in [1.54, 1.807) is 0 Å². The maximum absolute atomic E-state index is 9.99. The van der Waals surface area contributed by atoms with Gasteiger partial charge in [-0.15, -0.1) is 0 Å². The fourth-order valence-electron chi connectivity index (χ4n) is 2.90. The molecular formula is C21H35NO4S2. The highest BCUT2D eigenvalue weighted by Crippen LogP contribution is 2.15. The summed E-state index contributed by atoms with van der Waals surface area (Å²) in [4.78, 5) is 0. The molecule has 0 atom stereocenters. The lowest BCUT2D eigenvalue weighted by atomic mass is 9.99. The number of unbranched alkanes of at least 4 members (excludes halogenated alkanes) is 2. The van der Waals surface area contributed by atoms with E-state index in [-0.39, 0.29) is 0 Å². The molecule has 0 aromatic heterocycles. The Balaban J connectivity index is 0.000000292. The molecule has 1 aliphatic carbocycles. The summed E-state index contributed by atoms with van der Waals surface area (Å²) in [5, 5.41) is 3.27. The van der Waals surface area contributed by atoms with Gasteiger partial charge in [-0.25, -0.2) is 0 Å². The highest BCUT2D eigenvalue weighted by molar-refractivity contribution is 7.96. The molecule has 0 bridgehead atoms. The molecule has 160 valence electrons. The maximum Gasteiger partial charge on any atom is 0.283 e. The highest BCUT2D eigenvalue weighted by atomic mass is 32.3. The molecule has 1 saturated carbocycles. The minimum Gasteiger partial charge on any atom is -0.714 e. The van der Waals surface area contributed by atoms with Gasteiger partial charge in [0.05, 0.1) is 5.71 Å². The van der Waals surface area contributed by atoms with Crippen molar-refractivity contribution >= 4 is 27.0 Å². The van der Waals surface area contributed by atoms with Gasteiger partial charge in [0.2, 0.25) is 0 Å². The Morgan fingerprint density at radius 3 is 2.07 bits per heavy atom. The van der Waals surface area contributed by atoms with E-state index < -0.39 is 10.4 Å². The molecule has 0 aliphatic heterocycles. The monoisotopic (exact) mass is 429 g/mol. The van der Waals surface area contributed by atoms with E-state index in [0.29, 0.717) is 16.6 Å². The van der Waals surface area contributed by atoms with Crippen molar-refractivity contribution < 1.29 is 17.3 Å². The lowest BCUT2D eigenvalue weighted by Crippen LogP contribution is -2.14. The first-order valence-electron chi connectivity index (χ1n) is 10.3. The molecule has 28 heavy (non-hydrogen) atoms. The van der Waals surface area contributed by atoms with Crippen LogP contribution in [0, 0.1) is 0 Å². The first-order valence-corrected chi connectivity index (χ1v) is 13.4. The second-order valence-electron chi connectivity index (χ2n) is 7.06. The van der Waals surface area contributed by atoms with Gasteiger partial charge in [-0.1, -0.05) is 68.6 Å². The van der Waals surface area contributed by atoms with Gasteiger partial charge in [-0.2, -0.15) is 8.42 Å². The van der Waals surface area contributed by atoms with Crippen molar-refractivity contribution in [2.45, 2.75) is 77.4 Å². The Labute approximate surface area is 174 Å². The summed E-state index contributed by atoms with van der Waals surface area (Å²) >= 11 is 0. The summed E-state index contributed by atoms with van der Waals surface area (Å²) < 4.78 is 33.7. The molecule has 0 spiro atoms. The number of oxime groups is 1. The van der Waals surface area contributed by atoms with E-state index in [1.165, 1.54) is 48.5 Å². The normalized spacial score (nSPS) is 14.4. The summed E-state index contributed by atoms with van der Waals surface area (Å²) in [6.07, 6.45) is 10.0. The summed E-state index contributed by atoms with van der Waals surface area (Å²) in [6.45, 7) is 4.59. The third kappa shape index (κ3) is 13.2. The van der Waals surface area contributed by atoms with Gasteiger partial charge in [0.25, 0.3) is 10.4 Å². The molecular weight excluding hydrogens is 394 g/mol. The predicted molar refractivity (Wildman–Crippen MR) is 118 cm³/mol. The molecule has 0 radical (unpaired) electrons. The molecule has 0 heterocycles. The largest absolute Gasteiger partial charge is 0.714 e. The Bertz CT molecular complexity index is 632. The van der Waals surface area contributed by atoms with Crippen molar-refractivity contribution in [3.05, 3.63) is 35.9 Å². The molecule has 1 fully saturated rings. The van der Waals surface area contributed by atoms with Gasteiger partial charge in [0.15, 0.2) is 0 Å². The molecule has 1 aromatic rings. The molecule has 1 aliphatic rings. The summed E-state index contributed by atoms with van der Waals surface area (Å²) in [6, 6.07) is 11.0. The van der Waals surface area contributed by atoms with Gasteiger partial charge >= 0.3 is 0 Å². The first-order chi connectivity index (χ1) is 13.4. The topological polar surface area (TPSA) is 78.8 Å². The zero-order chi connectivity index (χ0) is 20.7. The number of rotatable bonds is 10. The van der Waals surface area contributed by atoms with Crippen molar-refractivity contribution in [2.24, 2.45) is 5.16 Å². The molecule has 0 amide bonds. The maximum atomic E-state index is 9.99. The second-order valence-corrected chi connectivity index (χ2v) is 10.4. The minimum atomic E-state index is -4.66. The van der Waals surface area contributed by atoms with Crippen LogP contribution in [0.1, 0.15) is 77.2 Å². The first kappa shape index (κ1) is 25.0. The van der Waals surface area contributed by atoms with Crippen molar-refractivity contribution in [3.63, 3.8) is 0 Å². The minimum absolute atomic E-state index is 0.625. The van der Waals surface area contributed by atoms with Crippen LogP contribution in [-0.2, 0) is 31.3 Å². The zero-order valence-electron chi connectivity index (χ0n) is 17.3. The van der Waals surface area contributed by atoms with Crippen LogP contribution in [0.5, 0.6) is 0 Å². The number of nitrogens with zero attached hydrogens (tertiary/aromatic N) is 1. The lowest BCUT2D eigenvalue weighted by molar-refractivity contribution is 0.272. The van der Waals surface area contributed by atoms with Crippen LogP contribution in [0.3, 0.4) is 0 Å². The quantitative estimate of drug-likeness (QED) is 0.222. The number of benzene rings is 1.